The van der Waals surface area contributed by atoms with Gasteiger partial charge in [-0.3, -0.25) is 9.89 Å². The Morgan fingerprint density at radius 3 is 2.55 bits per heavy atom. The van der Waals surface area contributed by atoms with E-state index < -0.39 is 0 Å². The highest BCUT2D eigenvalue weighted by atomic mass is 31.1. The minimum Gasteiger partial charge on any atom is -0.406 e. The minimum absolute atomic E-state index is 0.140. The fourth-order valence-electron chi connectivity index (χ4n) is 4.75. The lowest BCUT2D eigenvalue weighted by Gasteiger charge is -2.37. The summed E-state index contributed by atoms with van der Waals surface area (Å²) in [5.74, 6) is 1.59. The zero-order valence-electron chi connectivity index (χ0n) is 23.6. The molecule has 0 spiro atoms. The SMILES string of the molecule is C#CO/C(=C\CC)C1=NC=C(N2CCN(C[C@H](C)Nc3ncnc4c(C(C)(P)P)cccc34)CC2)C1.C=O.C=O. The maximum atomic E-state index is 8.00. The maximum Gasteiger partial charge on any atom is 0.158 e. The summed E-state index contributed by atoms with van der Waals surface area (Å²) in [4.78, 5) is 34.5. The summed E-state index contributed by atoms with van der Waals surface area (Å²) in [5.41, 5.74) is 4.30. The predicted molar refractivity (Wildman–Crippen MR) is 170 cm³/mol. The molecule has 0 radical (unpaired) electrons. The third-order valence-corrected chi connectivity index (χ3v) is 7.12. The Morgan fingerprint density at radius 2 is 1.93 bits per heavy atom. The predicted octanol–water partition coefficient (Wildman–Crippen LogP) is 4.19. The van der Waals surface area contributed by atoms with Crippen LogP contribution in [0.5, 0.6) is 0 Å². The average molecular weight is 583 g/mol. The minimum atomic E-state index is -0.140. The summed E-state index contributed by atoms with van der Waals surface area (Å²) in [6.45, 7) is 15.3. The van der Waals surface area contributed by atoms with Gasteiger partial charge in [-0.05, 0) is 38.0 Å². The van der Waals surface area contributed by atoms with Crippen molar-refractivity contribution in [2.75, 3.05) is 38.0 Å². The number of aromatic nitrogens is 2. The van der Waals surface area contributed by atoms with Crippen molar-refractivity contribution >= 4 is 54.5 Å². The zero-order valence-corrected chi connectivity index (χ0v) is 25.9. The molecular formula is C29H40N6O3P2. The van der Waals surface area contributed by atoms with Crippen LogP contribution in [0.2, 0.25) is 0 Å². The quantitative estimate of drug-likeness (QED) is 0.267. The van der Waals surface area contributed by atoms with Gasteiger partial charge in [-0.25, -0.2) is 9.97 Å². The van der Waals surface area contributed by atoms with E-state index in [1.54, 1.807) is 6.33 Å². The molecule has 2 unspecified atom stereocenters. The number of rotatable bonds is 9. The number of para-hydroxylation sites is 1. The summed E-state index contributed by atoms with van der Waals surface area (Å²) in [6.07, 6.45) is 14.8. The van der Waals surface area contributed by atoms with Gasteiger partial charge >= 0.3 is 0 Å². The number of hydrogen-bond acceptors (Lipinski definition) is 9. The molecule has 2 aromatic rings. The number of terminal acetylenes is 1. The standard InChI is InChI=1S/C27H36N6OP2.2CH2O/c1-5-8-24(34-6-2)23-15-20(16-28-23)33-13-11-32(12-14-33)17-19(3)31-26-21-9-7-10-22(27(4,35)36)25(21)29-18-30-26;2*1-2/h2,7-10,16,18-19H,5,11-15,17,35-36H2,1,3-4H3,(H,29,30,31);2*1H2/b24-8-;;/t19-;;/m0../s1. The topological polar surface area (TPSA) is 100 Å². The van der Waals surface area contributed by atoms with Gasteiger partial charge in [0, 0.05) is 67.4 Å². The number of hydrogen-bond donors (Lipinski definition) is 1. The normalized spacial score (nSPS) is 16.4. The number of anilines is 1. The number of benzene rings is 1. The van der Waals surface area contributed by atoms with Gasteiger partial charge in [-0.15, -0.1) is 18.5 Å². The molecule has 1 aromatic carbocycles. The van der Waals surface area contributed by atoms with Crippen molar-refractivity contribution in [2.45, 2.75) is 44.6 Å². The van der Waals surface area contributed by atoms with Gasteiger partial charge in [0.05, 0.1) is 11.2 Å². The van der Waals surface area contributed by atoms with Crippen molar-refractivity contribution in [1.29, 1.82) is 0 Å². The maximum absolute atomic E-state index is 8.00. The molecule has 9 nitrogen and oxygen atoms in total. The monoisotopic (exact) mass is 582 g/mol. The third-order valence-electron chi connectivity index (χ3n) is 6.50. The van der Waals surface area contributed by atoms with Crippen molar-refractivity contribution in [3.63, 3.8) is 0 Å². The van der Waals surface area contributed by atoms with Gasteiger partial charge in [0.15, 0.2) is 5.76 Å². The van der Waals surface area contributed by atoms with Crippen LogP contribution >= 0.6 is 18.5 Å². The number of fused-ring (bicyclic) bond motifs is 1. The highest BCUT2D eigenvalue weighted by Crippen LogP contribution is 2.41. The molecule has 4 rings (SSSR count). The van der Waals surface area contributed by atoms with Crippen LogP contribution in [-0.4, -0.2) is 77.8 Å². The molecule has 0 bridgehead atoms. The average Bonchev–Trinajstić information content (AvgIpc) is 3.45. The summed E-state index contributed by atoms with van der Waals surface area (Å²) in [7, 11) is 5.76. The number of nitrogens with one attached hydrogen (secondary N) is 1. The molecule has 11 heteroatoms. The first-order valence-corrected chi connectivity index (χ1v) is 14.2. The number of allylic oxidation sites excluding steroid dienone is 3. The number of piperazine rings is 1. The van der Waals surface area contributed by atoms with Crippen molar-refractivity contribution in [3.05, 3.63) is 53.8 Å². The molecule has 3 atom stereocenters. The summed E-state index contributed by atoms with van der Waals surface area (Å²) >= 11 is 0. The number of carbonyl (C=O) groups excluding carboxylic acids is 2. The summed E-state index contributed by atoms with van der Waals surface area (Å²) in [6, 6.07) is 6.54. The molecule has 3 heterocycles. The molecule has 0 aliphatic carbocycles. The molecule has 1 aromatic heterocycles. The largest absolute Gasteiger partial charge is 0.406 e. The van der Waals surface area contributed by atoms with E-state index >= 15 is 0 Å². The van der Waals surface area contributed by atoms with E-state index in [4.69, 9.17) is 20.7 Å². The van der Waals surface area contributed by atoms with Gasteiger partial charge in [0.1, 0.15) is 31.8 Å². The Kier molecular flexibility index (Phi) is 13.4. The zero-order chi connectivity index (χ0) is 29.7. The van der Waals surface area contributed by atoms with E-state index in [0.717, 1.165) is 68.0 Å². The fraction of sp³-hybridized carbons (Fsp3) is 0.414. The van der Waals surface area contributed by atoms with Crippen molar-refractivity contribution in [1.82, 2.24) is 19.8 Å². The van der Waals surface area contributed by atoms with Crippen LogP contribution in [0.4, 0.5) is 5.82 Å². The number of carbonyl (C=O) groups is 2. The van der Waals surface area contributed by atoms with Gasteiger partial charge in [-0.1, -0.05) is 25.5 Å². The van der Waals surface area contributed by atoms with Crippen molar-refractivity contribution < 1.29 is 14.3 Å². The van der Waals surface area contributed by atoms with Crippen LogP contribution in [-0.2, 0) is 19.2 Å². The Morgan fingerprint density at radius 1 is 1.23 bits per heavy atom. The first-order valence-electron chi connectivity index (χ1n) is 13.0. The molecule has 0 amide bonds. The summed E-state index contributed by atoms with van der Waals surface area (Å²) < 4.78 is 5.34. The van der Waals surface area contributed by atoms with Crippen LogP contribution in [0.25, 0.3) is 10.9 Å². The Balaban J connectivity index is 0.00000134. The van der Waals surface area contributed by atoms with Crippen LogP contribution in [0.1, 0.15) is 39.2 Å². The van der Waals surface area contributed by atoms with Gasteiger partial charge in [0.25, 0.3) is 0 Å². The molecule has 40 heavy (non-hydrogen) atoms. The second kappa shape index (κ2) is 16.2. The van der Waals surface area contributed by atoms with E-state index in [1.807, 2.05) is 25.9 Å². The van der Waals surface area contributed by atoms with E-state index in [2.05, 4.69) is 93.6 Å². The van der Waals surface area contributed by atoms with Crippen LogP contribution in [0, 0.1) is 12.5 Å². The Labute approximate surface area is 242 Å². The summed E-state index contributed by atoms with van der Waals surface area (Å²) in [5, 5.41) is 4.69. The lowest BCUT2D eigenvalue weighted by molar-refractivity contribution is -0.0987. The Bertz CT molecular complexity index is 1260. The van der Waals surface area contributed by atoms with E-state index in [1.165, 1.54) is 11.3 Å². The molecule has 1 saturated heterocycles. The number of aliphatic imine (C=N–C) groups is 1. The van der Waals surface area contributed by atoms with Crippen LogP contribution in [0.15, 0.2) is 53.3 Å². The highest BCUT2D eigenvalue weighted by Gasteiger charge is 2.25. The lowest BCUT2D eigenvalue weighted by Crippen LogP contribution is -2.48. The van der Waals surface area contributed by atoms with E-state index in [-0.39, 0.29) is 10.9 Å². The highest BCUT2D eigenvalue weighted by molar-refractivity contribution is 7.39. The molecule has 214 valence electrons. The fourth-order valence-corrected chi connectivity index (χ4v) is 5.21. The van der Waals surface area contributed by atoms with E-state index in [9.17, 15) is 0 Å². The first-order chi connectivity index (χ1) is 19.3. The van der Waals surface area contributed by atoms with Gasteiger partial charge in [0.2, 0.25) is 0 Å². The molecule has 2 aliphatic heterocycles. The Hall–Kier alpha value is -3.17. The molecule has 1 N–H and O–H groups in total. The van der Waals surface area contributed by atoms with Gasteiger partial charge < -0.3 is 24.5 Å². The van der Waals surface area contributed by atoms with Crippen molar-refractivity contribution in [2.24, 2.45) is 4.99 Å². The second-order valence-corrected chi connectivity index (χ2v) is 12.7. The number of nitrogens with zero attached hydrogens (tertiary/aromatic N) is 5. The first kappa shape index (κ1) is 33.0. The smallest absolute Gasteiger partial charge is 0.158 e. The lowest BCUT2D eigenvalue weighted by atomic mass is 10.1. The van der Waals surface area contributed by atoms with Crippen LogP contribution in [0.3, 0.4) is 0 Å². The van der Waals surface area contributed by atoms with Crippen molar-refractivity contribution in [3.8, 4) is 12.5 Å². The van der Waals surface area contributed by atoms with E-state index in [0.29, 0.717) is 5.76 Å². The second-order valence-electron chi connectivity index (χ2n) is 9.61. The van der Waals surface area contributed by atoms with Gasteiger partial charge in [-0.2, -0.15) is 0 Å². The van der Waals surface area contributed by atoms with Crippen LogP contribution < -0.4 is 5.32 Å². The molecule has 1 fully saturated rings. The third kappa shape index (κ3) is 8.66. The molecule has 2 aliphatic rings. The molecule has 0 saturated carbocycles. The number of ether oxygens (including phenoxy) is 1. The molecular weight excluding hydrogens is 542 g/mol.